The topological polar surface area (TPSA) is 95.7 Å². The van der Waals surface area contributed by atoms with Gasteiger partial charge in [0, 0.05) is 5.56 Å². The molecule has 0 aromatic heterocycles. The predicted octanol–water partition coefficient (Wildman–Crippen LogP) is 1.67. The molecule has 0 aliphatic carbocycles. The molecule has 0 heterocycles. The summed E-state index contributed by atoms with van der Waals surface area (Å²) < 4.78 is 31.9. The van der Waals surface area contributed by atoms with Gasteiger partial charge in [0.2, 0.25) is 0 Å². The minimum atomic E-state index is -3.78. The minimum absolute atomic E-state index is 0.0303. The van der Waals surface area contributed by atoms with Crippen LogP contribution < -0.4 is 8.92 Å². The molecule has 0 spiro atoms. The monoisotopic (exact) mass is 287 g/mol. The third-order valence-corrected chi connectivity index (χ3v) is 2.65. The maximum Gasteiger partial charge on any atom is 0.314 e. The van der Waals surface area contributed by atoms with E-state index >= 15 is 0 Å². The van der Waals surface area contributed by atoms with Crippen molar-refractivity contribution < 1.29 is 22.3 Å². The standard InChI is InChI=1S/C11H13NO6S/c1-4-5-8-6-11(17-2)9(12(13)14)7-10(8)18-19(3,15)16/h4,6-7H,1,5H2,2-3H3. The molecule has 104 valence electrons. The van der Waals surface area contributed by atoms with Crippen LogP contribution in [0.2, 0.25) is 0 Å². The van der Waals surface area contributed by atoms with Crippen molar-refractivity contribution in [3.05, 3.63) is 40.5 Å². The molecule has 1 aromatic carbocycles. The number of methoxy groups -OCH3 is 1. The molecule has 0 fully saturated rings. The summed E-state index contributed by atoms with van der Waals surface area (Å²) in [5.41, 5.74) is 0.0665. The second kappa shape index (κ2) is 5.70. The van der Waals surface area contributed by atoms with Gasteiger partial charge in [0.1, 0.15) is 0 Å². The Morgan fingerprint density at radius 3 is 2.47 bits per heavy atom. The summed E-state index contributed by atoms with van der Waals surface area (Å²) in [4.78, 5) is 10.2. The number of hydrogen-bond donors (Lipinski definition) is 0. The number of nitrogens with zero attached hydrogens (tertiary/aromatic N) is 1. The number of hydrogen-bond acceptors (Lipinski definition) is 6. The quantitative estimate of drug-likeness (QED) is 0.342. The van der Waals surface area contributed by atoms with Crippen molar-refractivity contribution in [1.82, 2.24) is 0 Å². The molecule has 0 N–H and O–H groups in total. The van der Waals surface area contributed by atoms with E-state index in [1.54, 1.807) is 0 Å². The normalized spacial score (nSPS) is 10.8. The number of rotatable bonds is 6. The molecule has 0 aliphatic rings. The molecule has 0 bridgehead atoms. The summed E-state index contributed by atoms with van der Waals surface area (Å²) in [5, 5.41) is 10.9. The Balaban J connectivity index is 3.44. The fraction of sp³-hybridized carbons (Fsp3) is 0.273. The predicted molar refractivity (Wildman–Crippen MR) is 69.0 cm³/mol. The average Bonchev–Trinajstić information content (AvgIpc) is 2.28. The van der Waals surface area contributed by atoms with Crippen molar-refractivity contribution in [3.63, 3.8) is 0 Å². The Bertz CT molecular complexity index is 608. The van der Waals surface area contributed by atoms with Gasteiger partial charge in [0.05, 0.1) is 24.4 Å². The van der Waals surface area contributed by atoms with Gasteiger partial charge in [-0.15, -0.1) is 6.58 Å². The highest BCUT2D eigenvalue weighted by atomic mass is 32.2. The molecule has 0 unspecified atom stereocenters. The van der Waals surface area contributed by atoms with Crippen LogP contribution in [-0.4, -0.2) is 26.7 Å². The first kappa shape index (κ1) is 15.0. The Morgan fingerprint density at radius 2 is 2.05 bits per heavy atom. The highest BCUT2D eigenvalue weighted by Gasteiger charge is 2.21. The molecular weight excluding hydrogens is 274 g/mol. The summed E-state index contributed by atoms with van der Waals surface area (Å²) in [6, 6.07) is 2.39. The molecule has 0 atom stereocenters. The first-order valence-electron chi connectivity index (χ1n) is 5.14. The van der Waals surface area contributed by atoms with Crippen molar-refractivity contribution in [3.8, 4) is 11.5 Å². The van der Waals surface area contributed by atoms with Gasteiger partial charge in [0.15, 0.2) is 11.5 Å². The first-order chi connectivity index (χ1) is 8.78. The largest absolute Gasteiger partial charge is 0.490 e. The van der Waals surface area contributed by atoms with Crippen molar-refractivity contribution in [2.75, 3.05) is 13.4 Å². The number of benzene rings is 1. The lowest BCUT2D eigenvalue weighted by Crippen LogP contribution is -2.08. The molecule has 0 saturated carbocycles. The van der Waals surface area contributed by atoms with Crippen LogP contribution in [0.25, 0.3) is 0 Å². The third-order valence-electron chi connectivity index (χ3n) is 2.16. The molecule has 0 radical (unpaired) electrons. The fourth-order valence-corrected chi connectivity index (χ4v) is 1.93. The summed E-state index contributed by atoms with van der Waals surface area (Å²) in [7, 11) is -2.49. The summed E-state index contributed by atoms with van der Waals surface area (Å²) in [6.07, 6.45) is 2.68. The van der Waals surface area contributed by atoms with Crippen molar-refractivity contribution in [1.29, 1.82) is 0 Å². The lowest BCUT2D eigenvalue weighted by atomic mass is 10.1. The SMILES string of the molecule is C=CCc1cc(OC)c([N+](=O)[O-])cc1OS(C)(=O)=O. The van der Waals surface area contributed by atoms with Crippen LogP contribution in [0, 0.1) is 10.1 Å². The van der Waals surface area contributed by atoms with Crippen LogP contribution in [0.4, 0.5) is 5.69 Å². The number of nitro benzene ring substituents is 1. The Labute approximate surface area is 110 Å². The maximum atomic E-state index is 11.1. The van der Waals surface area contributed by atoms with Crippen LogP contribution in [-0.2, 0) is 16.5 Å². The number of nitro groups is 1. The second-order valence-corrected chi connectivity index (χ2v) is 5.24. The van der Waals surface area contributed by atoms with Gasteiger partial charge < -0.3 is 8.92 Å². The molecule has 1 rings (SSSR count). The maximum absolute atomic E-state index is 11.1. The van der Waals surface area contributed by atoms with E-state index in [0.717, 1.165) is 12.3 Å². The van der Waals surface area contributed by atoms with Gasteiger partial charge in [-0.1, -0.05) is 6.08 Å². The molecule has 7 nitrogen and oxygen atoms in total. The van der Waals surface area contributed by atoms with E-state index in [1.807, 2.05) is 0 Å². The van der Waals surface area contributed by atoms with Crippen molar-refractivity contribution >= 4 is 15.8 Å². The van der Waals surface area contributed by atoms with E-state index in [-0.39, 0.29) is 17.2 Å². The van der Waals surface area contributed by atoms with E-state index in [9.17, 15) is 18.5 Å². The molecule has 0 saturated heterocycles. The third kappa shape index (κ3) is 3.95. The molecule has 0 amide bonds. The Hall–Kier alpha value is -2.09. The summed E-state index contributed by atoms with van der Waals surface area (Å²) in [5.74, 6) is -0.0717. The molecule has 1 aromatic rings. The number of ether oxygens (including phenoxy) is 1. The zero-order valence-corrected chi connectivity index (χ0v) is 11.3. The molecule has 0 aliphatic heterocycles. The lowest BCUT2D eigenvalue weighted by Gasteiger charge is -2.10. The Morgan fingerprint density at radius 1 is 1.42 bits per heavy atom. The van der Waals surface area contributed by atoms with E-state index in [0.29, 0.717) is 12.0 Å². The molecular formula is C11H13NO6S. The summed E-state index contributed by atoms with van der Waals surface area (Å²) >= 11 is 0. The highest BCUT2D eigenvalue weighted by Crippen LogP contribution is 2.35. The van der Waals surface area contributed by atoms with Gasteiger partial charge >= 0.3 is 15.8 Å². The van der Waals surface area contributed by atoms with E-state index in [1.165, 1.54) is 19.3 Å². The zero-order chi connectivity index (χ0) is 14.6. The van der Waals surface area contributed by atoms with Crippen molar-refractivity contribution in [2.45, 2.75) is 6.42 Å². The van der Waals surface area contributed by atoms with Gasteiger partial charge in [0.25, 0.3) is 0 Å². The second-order valence-electron chi connectivity index (χ2n) is 3.67. The Kier molecular flexibility index (Phi) is 4.49. The molecule has 8 heteroatoms. The summed E-state index contributed by atoms with van der Waals surface area (Å²) in [6.45, 7) is 3.53. The van der Waals surface area contributed by atoms with Crippen LogP contribution in [0.5, 0.6) is 11.5 Å². The van der Waals surface area contributed by atoms with Crippen LogP contribution in [0.1, 0.15) is 5.56 Å². The molecule has 19 heavy (non-hydrogen) atoms. The lowest BCUT2D eigenvalue weighted by molar-refractivity contribution is -0.385. The van der Waals surface area contributed by atoms with Gasteiger partial charge in [-0.2, -0.15) is 8.42 Å². The zero-order valence-electron chi connectivity index (χ0n) is 10.5. The van der Waals surface area contributed by atoms with Gasteiger partial charge in [-0.05, 0) is 12.5 Å². The van der Waals surface area contributed by atoms with Gasteiger partial charge in [-0.25, -0.2) is 0 Å². The van der Waals surface area contributed by atoms with Crippen LogP contribution >= 0.6 is 0 Å². The van der Waals surface area contributed by atoms with E-state index < -0.39 is 15.0 Å². The highest BCUT2D eigenvalue weighted by molar-refractivity contribution is 7.86. The van der Waals surface area contributed by atoms with Crippen molar-refractivity contribution in [2.24, 2.45) is 0 Å². The van der Waals surface area contributed by atoms with Crippen LogP contribution in [0.15, 0.2) is 24.8 Å². The van der Waals surface area contributed by atoms with Crippen LogP contribution in [0.3, 0.4) is 0 Å². The minimum Gasteiger partial charge on any atom is -0.490 e. The number of allylic oxidation sites excluding steroid dienone is 1. The first-order valence-corrected chi connectivity index (χ1v) is 6.95. The average molecular weight is 287 g/mol. The fourth-order valence-electron chi connectivity index (χ4n) is 1.45. The smallest absolute Gasteiger partial charge is 0.314 e. The van der Waals surface area contributed by atoms with E-state index in [4.69, 9.17) is 8.92 Å². The van der Waals surface area contributed by atoms with E-state index in [2.05, 4.69) is 6.58 Å². The van der Waals surface area contributed by atoms with Gasteiger partial charge in [-0.3, -0.25) is 10.1 Å².